The molecule has 0 bridgehead atoms. The first-order valence-electron chi connectivity index (χ1n) is 11.3. The molecule has 9 heteroatoms. The minimum absolute atomic E-state index is 0.0885. The largest absolute Gasteiger partial charge is 0.444 e. The third-order valence-corrected chi connectivity index (χ3v) is 11.2. The fourth-order valence-corrected chi connectivity index (χ4v) is 4.73. The summed E-state index contributed by atoms with van der Waals surface area (Å²) in [6, 6.07) is 0.162. The van der Waals surface area contributed by atoms with Gasteiger partial charge in [-0.25, -0.2) is 4.79 Å². The van der Waals surface area contributed by atoms with Gasteiger partial charge >= 0.3 is 6.09 Å². The third-order valence-electron chi connectivity index (χ3n) is 6.76. The number of hydrogen-bond acceptors (Lipinski definition) is 6. The lowest BCUT2D eigenvalue weighted by molar-refractivity contribution is -0.127. The summed E-state index contributed by atoms with van der Waals surface area (Å²) in [4.78, 5) is 33.3. The van der Waals surface area contributed by atoms with Crippen LogP contribution in [0.3, 0.4) is 0 Å². The van der Waals surface area contributed by atoms with E-state index in [0.717, 1.165) is 18.5 Å². The van der Waals surface area contributed by atoms with E-state index in [1.54, 1.807) is 4.90 Å². The van der Waals surface area contributed by atoms with Crippen LogP contribution >= 0.6 is 0 Å². The molecule has 0 spiro atoms. The van der Waals surface area contributed by atoms with E-state index in [1.807, 2.05) is 31.9 Å². The van der Waals surface area contributed by atoms with E-state index in [-0.39, 0.29) is 23.1 Å². The van der Waals surface area contributed by atoms with Crippen molar-refractivity contribution in [1.29, 1.82) is 0 Å². The number of carbonyl (C=O) groups excluding carboxylic acids is 2. The Hall–Kier alpha value is -1.74. The Bertz CT molecular complexity index is 733. The number of hydrogen-bond donors (Lipinski definition) is 0. The second-order valence-electron chi connectivity index (χ2n) is 11.4. The molecule has 0 aromatic rings. The highest BCUT2D eigenvalue weighted by Crippen LogP contribution is 2.37. The van der Waals surface area contributed by atoms with Crippen molar-refractivity contribution in [3.05, 3.63) is 11.9 Å². The summed E-state index contributed by atoms with van der Waals surface area (Å²) in [7, 11) is -1.82. The zero-order valence-electron chi connectivity index (χ0n) is 20.5. The molecule has 0 radical (unpaired) electrons. The molecule has 0 saturated carbocycles. The van der Waals surface area contributed by atoms with E-state index in [4.69, 9.17) is 9.16 Å². The van der Waals surface area contributed by atoms with Gasteiger partial charge in [0, 0.05) is 25.3 Å². The molecule has 3 aliphatic rings. The number of fused-ring (bicyclic) bond motifs is 1. The predicted molar refractivity (Wildman–Crippen MR) is 122 cm³/mol. The highest BCUT2D eigenvalue weighted by molar-refractivity contribution is 6.74. The average molecular weight is 453 g/mol. The van der Waals surface area contributed by atoms with Gasteiger partial charge in [0.25, 0.3) is 5.91 Å². The average Bonchev–Trinajstić information content (AvgIpc) is 3.17. The molecule has 0 unspecified atom stereocenters. The second kappa shape index (κ2) is 8.31. The van der Waals surface area contributed by atoms with E-state index >= 15 is 0 Å². The first-order valence-corrected chi connectivity index (χ1v) is 14.2. The van der Waals surface area contributed by atoms with Crippen LogP contribution in [0.4, 0.5) is 4.79 Å². The molecule has 2 amide bonds. The van der Waals surface area contributed by atoms with Crippen molar-refractivity contribution >= 4 is 20.3 Å². The monoisotopic (exact) mass is 452 g/mol. The smallest absolute Gasteiger partial charge is 0.410 e. The Morgan fingerprint density at radius 3 is 2.23 bits per heavy atom. The van der Waals surface area contributed by atoms with Crippen molar-refractivity contribution in [3.8, 4) is 0 Å². The topological polar surface area (TPSA) is 65.6 Å². The van der Waals surface area contributed by atoms with Crippen molar-refractivity contribution in [1.82, 2.24) is 19.6 Å². The van der Waals surface area contributed by atoms with Crippen LogP contribution in [0.25, 0.3) is 0 Å². The summed E-state index contributed by atoms with van der Waals surface area (Å²) in [6.45, 7) is 19.9. The molecular formula is C22H40N4O4Si. The number of likely N-dealkylation sites (tertiary alicyclic amines) is 1. The molecule has 31 heavy (non-hydrogen) atoms. The molecule has 8 nitrogen and oxygen atoms in total. The van der Waals surface area contributed by atoms with E-state index in [1.165, 1.54) is 0 Å². The minimum atomic E-state index is -1.82. The van der Waals surface area contributed by atoms with Crippen LogP contribution in [0.1, 0.15) is 54.4 Å². The van der Waals surface area contributed by atoms with Gasteiger partial charge in [-0.15, -0.1) is 0 Å². The van der Waals surface area contributed by atoms with Gasteiger partial charge in [0.05, 0.1) is 13.3 Å². The summed E-state index contributed by atoms with van der Waals surface area (Å²) in [5.74, 6) is 0.0885. The molecule has 0 aliphatic carbocycles. The highest BCUT2D eigenvalue weighted by Gasteiger charge is 2.43. The van der Waals surface area contributed by atoms with Crippen molar-refractivity contribution in [3.63, 3.8) is 0 Å². The van der Waals surface area contributed by atoms with Crippen LogP contribution in [0, 0.1) is 0 Å². The third kappa shape index (κ3) is 5.37. The van der Waals surface area contributed by atoms with Crippen molar-refractivity contribution in [2.45, 2.75) is 84.2 Å². The quantitative estimate of drug-likeness (QED) is 0.608. The maximum absolute atomic E-state index is 13.0. The normalized spacial score (nSPS) is 21.0. The molecule has 2 fully saturated rings. The fraction of sp³-hybridized carbons (Fsp3) is 0.818. The Morgan fingerprint density at radius 2 is 1.71 bits per heavy atom. The van der Waals surface area contributed by atoms with Gasteiger partial charge in [-0.3, -0.25) is 4.79 Å². The Balaban J connectivity index is 1.52. The first-order chi connectivity index (χ1) is 14.2. The van der Waals surface area contributed by atoms with Crippen LogP contribution < -0.4 is 0 Å². The number of amides is 2. The Morgan fingerprint density at radius 1 is 1.10 bits per heavy atom. The molecule has 176 valence electrons. The molecule has 3 heterocycles. The number of carbonyl (C=O) groups is 2. The summed E-state index contributed by atoms with van der Waals surface area (Å²) >= 11 is 0. The van der Waals surface area contributed by atoms with E-state index in [2.05, 4.69) is 43.7 Å². The van der Waals surface area contributed by atoms with Crippen molar-refractivity contribution in [2.75, 3.05) is 33.2 Å². The van der Waals surface area contributed by atoms with E-state index < -0.39 is 13.9 Å². The van der Waals surface area contributed by atoms with E-state index in [9.17, 15) is 9.59 Å². The molecule has 2 saturated heterocycles. The van der Waals surface area contributed by atoms with Crippen molar-refractivity contribution < 1.29 is 18.8 Å². The summed E-state index contributed by atoms with van der Waals surface area (Å²) < 4.78 is 11.8. The second-order valence-corrected chi connectivity index (χ2v) is 16.2. The van der Waals surface area contributed by atoms with Gasteiger partial charge in [-0.2, -0.15) is 0 Å². The molecule has 3 rings (SSSR count). The number of piperidine rings is 1. The van der Waals surface area contributed by atoms with Gasteiger partial charge in [0.2, 0.25) is 0 Å². The maximum atomic E-state index is 13.0. The van der Waals surface area contributed by atoms with Crippen LogP contribution in [-0.4, -0.2) is 84.7 Å². The van der Waals surface area contributed by atoms with Crippen molar-refractivity contribution in [2.24, 2.45) is 0 Å². The number of rotatable bonds is 4. The molecule has 0 aromatic carbocycles. The van der Waals surface area contributed by atoms with Gasteiger partial charge in [-0.1, -0.05) is 20.8 Å². The first kappa shape index (κ1) is 23.9. The van der Waals surface area contributed by atoms with Crippen LogP contribution in [0.2, 0.25) is 18.1 Å². The lowest BCUT2D eigenvalue weighted by Crippen LogP contribution is -2.49. The molecule has 0 atom stereocenters. The standard InChI is InChI=1S/C22H40N4O4Si/c1-21(2,3)30-20(28)24-11-9-17(10-12-24)26-15-25-14-23(13-18(25)19(26)27)16-29-31(7,8)22(4,5)6/h13,17H,9-12,14-16H2,1-8H3. The SMILES string of the molecule is CC(C)(C)OC(=O)N1CCC(N2CN3CN(CO[Si](C)(C)C(C)(C)C)C=C3C2=O)CC1. The molecular weight excluding hydrogens is 412 g/mol. The van der Waals surface area contributed by atoms with Crippen LogP contribution in [-0.2, 0) is 14.0 Å². The molecule has 0 N–H and O–H groups in total. The predicted octanol–water partition coefficient (Wildman–Crippen LogP) is 3.58. The maximum Gasteiger partial charge on any atom is 0.410 e. The van der Waals surface area contributed by atoms with Gasteiger partial charge < -0.3 is 28.8 Å². The fourth-order valence-electron chi connectivity index (χ4n) is 3.80. The number of ether oxygens (including phenoxy) is 1. The zero-order valence-corrected chi connectivity index (χ0v) is 21.5. The molecule has 3 aliphatic heterocycles. The van der Waals surface area contributed by atoms with Crippen LogP contribution in [0.5, 0.6) is 0 Å². The van der Waals surface area contributed by atoms with Gasteiger partial charge in [-0.05, 0) is 51.7 Å². The molecule has 0 aromatic heterocycles. The Kier molecular flexibility index (Phi) is 6.41. The summed E-state index contributed by atoms with van der Waals surface area (Å²) in [5.41, 5.74) is 0.268. The lowest BCUT2D eigenvalue weighted by Gasteiger charge is -2.38. The Labute approximate surface area is 188 Å². The summed E-state index contributed by atoms with van der Waals surface area (Å²) in [6.07, 6.45) is 3.25. The van der Waals surface area contributed by atoms with Gasteiger partial charge in [0.1, 0.15) is 18.0 Å². The summed E-state index contributed by atoms with van der Waals surface area (Å²) in [5, 5.41) is 0.164. The highest BCUT2D eigenvalue weighted by atomic mass is 28.4. The van der Waals surface area contributed by atoms with Gasteiger partial charge in [0.15, 0.2) is 8.32 Å². The van der Waals surface area contributed by atoms with Crippen LogP contribution in [0.15, 0.2) is 11.9 Å². The lowest BCUT2D eigenvalue weighted by atomic mass is 10.0. The number of nitrogens with zero attached hydrogens (tertiary/aromatic N) is 4. The minimum Gasteiger partial charge on any atom is -0.444 e. The van der Waals surface area contributed by atoms with E-state index in [0.29, 0.717) is 33.2 Å². The zero-order chi connectivity index (χ0) is 23.2.